The van der Waals surface area contributed by atoms with Crippen LogP contribution < -0.4 is 10.6 Å². The molecule has 0 unspecified atom stereocenters. The number of benzene rings is 1. The van der Waals surface area contributed by atoms with Crippen LogP contribution in [0.5, 0.6) is 0 Å². The second-order valence-corrected chi connectivity index (χ2v) is 6.49. The minimum atomic E-state index is -0.404. The fourth-order valence-electron chi connectivity index (χ4n) is 3.09. The zero-order valence-corrected chi connectivity index (χ0v) is 14.7. The smallest absolute Gasteiger partial charge is 0.337 e. The molecule has 1 amide bonds. The van der Waals surface area contributed by atoms with Gasteiger partial charge in [0.1, 0.15) is 0 Å². The molecule has 1 aromatic carbocycles. The summed E-state index contributed by atoms with van der Waals surface area (Å²) < 4.78 is 4.72. The molecule has 0 atom stereocenters. The summed E-state index contributed by atoms with van der Waals surface area (Å²) in [6, 6.07) is 5.60. The van der Waals surface area contributed by atoms with E-state index in [4.69, 9.17) is 4.74 Å². The summed E-state index contributed by atoms with van der Waals surface area (Å²) in [5.74, 6) is -0.486. The number of aryl methyl sites for hydroxylation is 1. The lowest BCUT2D eigenvalue weighted by atomic mass is 9.97. The summed E-state index contributed by atoms with van der Waals surface area (Å²) in [6.07, 6.45) is 8.68. The predicted octanol–water partition coefficient (Wildman–Crippen LogP) is 3.42. The third-order valence-electron chi connectivity index (χ3n) is 4.59. The molecule has 5 nitrogen and oxygen atoms in total. The van der Waals surface area contributed by atoms with Crippen molar-refractivity contribution in [1.82, 2.24) is 5.32 Å². The second-order valence-electron chi connectivity index (χ2n) is 6.49. The minimum absolute atomic E-state index is 0.0813. The van der Waals surface area contributed by atoms with Gasteiger partial charge >= 0.3 is 5.97 Å². The van der Waals surface area contributed by atoms with Crippen LogP contribution in [0.2, 0.25) is 0 Å². The van der Waals surface area contributed by atoms with Crippen LogP contribution in [0, 0.1) is 6.92 Å². The van der Waals surface area contributed by atoms with Gasteiger partial charge in [0.2, 0.25) is 5.91 Å². The molecule has 0 spiro atoms. The van der Waals surface area contributed by atoms with Crippen molar-refractivity contribution >= 4 is 17.6 Å². The molecule has 0 saturated heterocycles. The van der Waals surface area contributed by atoms with E-state index in [0.717, 1.165) is 18.4 Å². The molecule has 1 fully saturated rings. The molecular weight excluding hydrogens is 304 g/mol. The molecule has 0 heterocycles. The van der Waals surface area contributed by atoms with E-state index >= 15 is 0 Å². The van der Waals surface area contributed by atoms with Gasteiger partial charge in [-0.25, -0.2) is 4.79 Å². The van der Waals surface area contributed by atoms with E-state index in [0.29, 0.717) is 23.8 Å². The highest BCUT2D eigenvalue weighted by Crippen LogP contribution is 2.18. The average molecular weight is 332 g/mol. The fraction of sp³-hybridized carbons (Fsp3) is 0.579. The summed E-state index contributed by atoms with van der Waals surface area (Å²) in [5.41, 5.74) is 2.01. The standard InChI is InChI=1S/C19H28N2O3/c1-14-10-11-15(19(23)24-2)12-17(14)21-18(22)13-20-16-8-6-4-3-5-7-9-16/h10-12,16,20H,3-9,13H2,1-2H3,(H,21,22). The van der Waals surface area contributed by atoms with Crippen LogP contribution in [-0.2, 0) is 9.53 Å². The number of esters is 1. The largest absolute Gasteiger partial charge is 0.465 e. The Hall–Kier alpha value is -1.88. The summed E-state index contributed by atoms with van der Waals surface area (Å²) in [5, 5.41) is 6.26. The van der Waals surface area contributed by atoms with E-state index in [2.05, 4.69) is 10.6 Å². The van der Waals surface area contributed by atoms with Crippen LogP contribution >= 0.6 is 0 Å². The zero-order chi connectivity index (χ0) is 17.4. The highest BCUT2D eigenvalue weighted by Gasteiger charge is 2.14. The number of rotatable bonds is 5. The first-order valence-corrected chi connectivity index (χ1v) is 8.82. The van der Waals surface area contributed by atoms with Gasteiger partial charge in [0.15, 0.2) is 0 Å². The third-order valence-corrected chi connectivity index (χ3v) is 4.59. The highest BCUT2D eigenvalue weighted by atomic mass is 16.5. The van der Waals surface area contributed by atoms with Gasteiger partial charge in [-0.2, -0.15) is 0 Å². The number of ether oxygens (including phenoxy) is 1. The number of amides is 1. The molecule has 2 rings (SSSR count). The Morgan fingerprint density at radius 3 is 2.46 bits per heavy atom. The number of carbonyl (C=O) groups is 2. The monoisotopic (exact) mass is 332 g/mol. The Balaban J connectivity index is 1.88. The SMILES string of the molecule is COC(=O)c1ccc(C)c(NC(=O)CNC2CCCCCCC2)c1. The molecule has 1 aliphatic rings. The Kier molecular flexibility index (Phi) is 7.25. The van der Waals surface area contributed by atoms with Gasteiger partial charge in [0.05, 0.1) is 19.2 Å². The van der Waals surface area contributed by atoms with Gasteiger partial charge in [0, 0.05) is 11.7 Å². The molecule has 132 valence electrons. The number of methoxy groups -OCH3 is 1. The maximum atomic E-state index is 12.2. The molecule has 0 aliphatic heterocycles. The molecule has 0 bridgehead atoms. The Labute approximate surface area is 144 Å². The molecule has 24 heavy (non-hydrogen) atoms. The first-order valence-electron chi connectivity index (χ1n) is 8.82. The van der Waals surface area contributed by atoms with E-state index in [1.54, 1.807) is 12.1 Å². The molecule has 0 aromatic heterocycles. The number of hydrogen-bond acceptors (Lipinski definition) is 4. The first-order chi connectivity index (χ1) is 11.6. The molecule has 1 aromatic rings. The van der Waals surface area contributed by atoms with E-state index < -0.39 is 5.97 Å². The van der Waals surface area contributed by atoms with Crippen molar-refractivity contribution in [1.29, 1.82) is 0 Å². The number of hydrogen-bond donors (Lipinski definition) is 2. The van der Waals surface area contributed by atoms with Crippen LogP contribution in [-0.4, -0.2) is 31.6 Å². The quantitative estimate of drug-likeness (QED) is 0.811. The first kappa shape index (κ1) is 18.5. The van der Waals surface area contributed by atoms with Gasteiger partial charge < -0.3 is 15.4 Å². The summed E-state index contributed by atoms with van der Waals surface area (Å²) in [7, 11) is 1.35. The van der Waals surface area contributed by atoms with Crippen molar-refractivity contribution in [2.45, 2.75) is 57.9 Å². The number of carbonyl (C=O) groups excluding carboxylic acids is 2. The average Bonchev–Trinajstić information content (AvgIpc) is 2.55. The zero-order valence-electron chi connectivity index (χ0n) is 14.7. The Bertz CT molecular complexity index is 564. The lowest BCUT2D eigenvalue weighted by Gasteiger charge is -2.21. The van der Waals surface area contributed by atoms with Crippen LogP contribution in [0.4, 0.5) is 5.69 Å². The molecular formula is C19H28N2O3. The molecule has 0 radical (unpaired) electrons. The van der Waals surface area contributed by atoms with Gasteiger partial charge in [-0.1, -0.05) is 38.2 Å². The lowest BCUT2D eigenvalue weighted by Crippen LogP contribution is -2.36. The van der Waals surface area contributed by atoms with E-state index in [-0.39, 0.29) is 5.91 Å². The third kappa shape index (κ3) is 5.64. The number of nitrogens with one attached hydrogen (secondary N) is 2. The predicted molar refractivity (Wildman–Crippen MR) is 95.3 cm³/mol. The van der Waals surface area contributed by atoms with Crippen LogP contribution in [0.25, 0.3) is 0 Å². The maximum absolute atomic E-state index is 12.2. The Morgan fingerprint density at radius 2 is 1.79 bits per heavy atom. The van der Waals surface area contributed by atoms with Crippen molar-refractivity contribution in [3.63, 3.8) is 0 Å². The van der Waals surface area contributed by atoms with Gasteiger partial charge in [-0.15, -0.1) is 0 Å². The highest BCUT2D eigenvalue weighted by molar-refractivity contribution is 5.96. The lowest BCUT2D eigenvalue weighted by molar-refractivity contribution is -0.115. The van der Waals surface area contributed by atoms with Crippen molar-refractivity contribution in [3.8, 4) is 0 Å². The molecule has 2 N–H and O–H groups in total. The van der Waals surface area contributed by atoms with Gasteiger partial charge in [-0.05, 0) is 37.5 Å². The number of anilines is 1. The maximum Gasteiger partial charge on any atom is 0.337 e. The molecule has 1 saturated carbocycles. The summed E-state index contributed by atoms with van der Waals surface area (Å²) in [6.45, 7) is 2.20. The van der Waals surface area contributed by atoms with Crippen LogP contribution in [0.3, 0.4) is 0 Å². The molecule has 1 aliphatic carbocycles. The summed E-state index contributed by atoms with van der Waals surface area (Å²) in [4.78, 5) is 23.8. The van der Waals surface area contributed by atoms with E-state index in [1.165, 1.54) is 39.2 Å². The van der Waals surface area contributed by atoms with Gasteiger partial charge in [0.25, 0.3) is 0 Å². The molecule has 5 heteroatoms. The van der Waals surface area contributed by atoms with Gasteiger partial charge in [-0.3, -0.25) is 4.79 Å². The van der Waals surface area contributed by atoms with Crippen molar-refractivity contribution in [3.05, 3.63) is 29.3 Å². The second kappa shape index (κ2) is 9.42. The van der Waals surface area contributed by atoms with Crippen molar-refractivity contribution in [2.75, 3.05) is 19.0 Å². The summed E-state index contributed by atoms with van der Waals surface area (Å²) >= 11 is 0. The van der Waals surface area contributed by atoms with Crippen molar-refractivity contribution < 1.29 is 14.3 Å². The topological polar surface area (TPSA) is 67.4 Å². The van der Waals surface area contributed by atoms with E-state index in [9.17, 15) is 9.59 Å². The van der Waals surface area contributed by atoms with Crippen LogP contribution in [0.15, 0.2) is 18.2 Å². The van der Waals surface area contributed by atoms with E-state index in [1.807, 2.05) is 13.0 Å². The minimum Gasteiger partial charge on any atom is -0.465 e. The normalized spacial score (nSPS) is 16.1. The van der Waals surface area contributed by atoms with Crippen molar-refractivity contribution in [2.24, 2.45) is 0 Å². The Morgan fingerprint density at radius 1 is 1.12 bits per heavy atom. The van der Waals surface area contributed by atoms with Crippen LogP contribution in [0.1, 0.15) is 60.9 Å². The fourth-order valence-corrected chi connectivity index (χ4v) is 3.09.